The topological polar surface area (TPSA) is 51.0 Å². The zero-order chi connectivity index (χ0) is 14.1. The lowest BCUT2D eigenvalue weighted by molar-refractivity contribution is 0.419. The Morgan fingerprint density at radius 3 is 3.14 bits per heavy atom. The zero-order valence-electron chi connectivity index (χ0n) is 12.0. The first kappa shape index (κ1) is 13.2. The van der Waals surface area contributed by atoms with Crippen molar-refractivity contribution in [3.8, 4) is 11.5 Å². The second-order valence-electron chi connectivity index (χ2n) is 5.67. The highest BCUT2D eigenvalue weighted by molar-refractivity contribution is 7.99. The predicted octanol–water partition coefficient (Wildman–Crippen LogP) is 4.05. The molecular formula is C16H19N3OS. The van der Waals surface area contributed by atoms with E-state index in [9.17, 15) is 0 Å². The zero-order valence-corrected chi connectivity index (χ0v) is 12.8. The summed E-state index contributed by atoms with van der Waals surface area (Å²) in [4.78, 5) is 4.69. The monoisotopic (exact) mass is 301 g/mol. The van der Waals surface area contributed by atoms with Crippen molar-refractivity contribution in [1.82, 2.24) is 10.1 Å². The fourth-order valence-corrected chi connectivity index (χ4v) is 4.36. The number of hydrogen-bond donors (Lipinski definition) is 1. The number of fused-ring (bicyclic) bond motifs is 1. The molecule has 4 nitrogen and oxygen atoms in total. The van der Waals surface area contributed by atoms with E-state index in [4.69, 9.17) is 4.52 Å². The summed E-state index contributed by atoms with van der Waals surface area (Å²) in [6.07, 6.45) is 5.98. The normalized spacial score (nSPS) is 21.6. The molecule has 2 aliphatic heterocycles. The van der Waals surface area contributed by atoms with Gasteiger partial charge in [0.1, 0.15) is 0 Å². The molecule has 0 radical (unpaired) electrons. The van der Waals surface area contributed by atoms with E-state index in [-0.39, 0.29) is 0 Å². The number of nitrogens with one attached hydrogen (secondary N) is 1. The average Bonchev–Trinajstić information content (AvgIpc) is 3.05. The van der Waals surface area contributed by atoms with Crippen molar-refractivity contribution in [3.05, 3.63) is 29.6 Å². The van der Waals surface area contributed by atoms with E-state index in [2.05, 4.69) is 33.7 Å². The fraction of sp³-hybridized carbons (Fsp3) is 0.500. The van der Waals surface area contributed by atoms with Gasteiger partial charge in [0.15, 0.2) is 5.82 Å². The standard InChI is InChI=1S/C16H19N3OS/c1-2-10-21-14(8-1)15-18-16(20-19-15)12-5-3-7-13-11(12)6-4-9-17-13/h3,5,7,14,17H,1-2,4,6,8-10H2. The highest BCUT2D eigenvalue weighted by atomic mass is 32.2. The van der Waals surface area contributed by atoms with Gasteiger partial charge in [0.2, 0.25) is 0 Å². The van der Waals surface area contributed by atoms with Crippen LogP contribution in [-0.4, -0.2) is 22.4 Å². The van der Waals surface area contributed by atoms with Crippen LogP contribution in [0.4, 0.5) is 5.69 Å². The van der Waals surface area contributed by atoms with Crippen LogP contribution in [0.15, 0.2) is 22.7 Å². The van der Waals surface area contributed by atoms with Crippen LogP contribution in [0.2, 0.25) is 0 Å². The molecule has 0 amide bonds. The van der Waals surface area contributed by atoms with Crippen molar-refractivity contribution < 1.29 is 4.52 Å². The summed E-state index contributed by atoms with van der Waals surface area (Å²) >= 11 is 1.96. The van der Waals surface area contributed by atoms with Crippen molar-refractivity contribution in [3.63, 3.8) is 0 Å². The highest BCUT2D eigenvalue weighted by Gasteiger charge is 2.23. The average molecular weight is 301 g/mol. The number of nitrogens with zero attached hydrogens (tertiary/aromatic N) is 2. The molecule has 110 valence electrons. The summed E-state index contributed by atoms with van der Waals surface area (Å²) in [7, 11) is 0. The third kappa shape index (κ3) is 2.55. The first-order valence-corrected chi connectivity index (χ1v) is 8.78. The first-order valence-electron chi connectivity index (χ1n) is 7.73. The first-order chi connectivity index (χ1) is 10.4. The molecule has 1 aromatic heterocycles. The molecule has 1 fully saturated rings. The fourth-order valence-electron chi connectivity index (χ4n) is 3.13. The number of anilines is 1. The third-order valence-corrected chi connectivity index (χ3v) is 5.61. The highest BCUT2D eigenvalue weighted by Crippen LogP contribution is 2.38. The molecule has 5 heteroatoms. The van der Waals surface area contributed by atoms with Gasteiger partial charge in [-0.2, -0.15) is 16.7 Å². The van der Waals surface area contributed by atoms with Crippen LogP contribution >= 0.6 is 11.8 Å². The van der Waals surface area contributed by atoms with Crippen LogP contribution in [-0.2, 0) is 6.42 Å². The summed E-state index contributed by atoms with van der Waals surface area (Å²) in [5, 5.41) is 8.10. The van der Waals surface area contributed by atoms with Crippen molar-refractivity contribution >= 4 is 17.4 Å². The Hall–Kier alpha value is -1.49. The van der Waals surface area contributed by atoms with E-state index >= 15 is 0 Å². The summed E-state index contributed by atoms with van der Waals surface area (Å²) in [5.41, 5.74) is 3.63. The minimum Gasteiger partial charge on any atom is -0.385 e. The van der Waals surface area contributed by atoms with E-state index in [1.807, 2.05) is 11.8 Å². The van der Waals surface area contributed by atoms with E-state index < -0.39 is 0 Å². The molecule has 1 unspecified atom stereocenters. The predicted molar refractivity (Wildman–Crippen MR) is 85.6 cm³/mol. The summed E-state index contributed by atoms with van der Waals surface area (Å²) in [6.45, 7) is 1.05. The lowest BCUT2D eigenvalue weighted by Gasteiger charge is -2.19. The van der Waals surface area contributed by atoms with Crippen molar-refractivity contribution in [2.75, 3.05) is 17.6 Å². The Bertz CT molecular complexity index is 634. The van der Waals surface area contributed by atoms with E-state index in [0.717, 1.165) is 37.2 Å². The maximum atomic E-state index is 5.57. The molecule has 4 rings (SSSR count). The van der Waals surface area contributed by atoms with Gasteiger partial charge in [0.25, 0.3) is 5.89 Å². The Kier molecular flexibility index (Phi) is 3.59. The minimum absolute atomic E-state index is 0.411. The van der Waals surface area contributed by atoms with Gasteiger partial charge in [-0.05, 0) is 49.1 Å². The minimum atomic E-state index is 0.411. The molecule has 1 N–H and O–H groups in total. The Labute approximate surface area is 128 Å². The summed E-state index contributed by atoms with van der Waals surface area (Å²) in [6, 6.07) is 6.29. The summed E-state index contributed by atoms with van der Waals surface area (Å²) < 4.78 is 5.57. The van der Waals surface area contributed by atoms with Crippen LogP contribution in [0.3, 0.4) is 0 Å². The second kappa shape index (κ2) is 5.72. The molecule has 1 saturated heterocycles. The third-order valence-electron chi connectivity index (χ3n) is 4.23. The van der Waals surface area contributed by atoms with Gasteiger partial charge in [-0.3, -0.25) is 0 Å². The lowest BCUT2D eigenvalue weighted by Crippen LogP contribution is -2.12. The van der Waals surface area contributed by atoms with Crippen LogP contribution in [0.5, 0.6) is 0 Å². The van der Waals surface area contributed by atoms with Gasteiger partial charge in [-0.1, -0.05) is 17.6 Å². The second-order valence-corrected chi connectivity index (χ2v) is 6.99. The van der Waals surface area contributed by atoms with Crippen LogP contribution in [0, 0.1) is 0 Å². The molecule has 2 aliphatic rings. The Balaban J connectivity index is 1.66. The number of thioether (sulfide) groups is 1. The van der Waals surface area contributed by atoms with Gasteiger partial charge in [0, 0.05) is 17.8 Å². The Morgan fingerprint density at radius 1 is 1.24 bits per heavy atom. The molecule has 21 heavy (non-hydrogen) atoms. The van der Waals surface area contributed by atoms with Crippen LogP contribution < -0.4 is 5.32 Å². The number of rotatable bonds is 2. The van der Waals surface area contributed by atoms with Gasteiger partial charge in [0.05, 0.1) is 5.25 Å². The SMILES string of the molecule is c1cc2c(c(-c3nc(C4CCCCS4)no3)c1)CCCN2. The molecular weight excluding hydrogens is 282 g/mol. The molecule has 1 atom stereocenters. The molecule has 0 bridgehead atoms. The van der Waals surface area contributed by atoms with Gasteiger partial charge < -0.3 is 9.84 Å². The smallest absolute Gasteiger partial charge is 0.258 e. The molecule has 0 spiro atoms. The van der Waals surface area contributed by atoms with Crippen LogP contribution in [0.25, 0.3) is 11.5 Å². The molecule has 0 aliphatic carbocycles. The Morgan fingerprint density at radius 2 is 2.24 bits per heavy atom. The van der Waals surface area contributed by atoms with E-state index in [0.29, 0.717) is 11.1 Å². The van der Waals surface area contributed by atoms with Gasteiger partial charge >= 0.3 is 0 Å². The van der Waals surface area contributed by atoms with Gasteiger partial charge in [-0.25, -0.2) is 0 Å². The van der Waals surface area contributed by atoms with E-state index in [1.165, 1.54) is 29.8 Å². The largest absolute Gasteiger partial charge is 0.385 e. The quantitative estimate of drug-likeness (QED) is 0.906. The molecule has 1 aromatic carbocycles. The van der Waals surface area contributed by atoms with Crippen molar-refractivity contribution in [1.29, 1.82) is 0 Å². The molecule has 0 saturated carbocycles. The number of benzene rings is 1. The van der Waals surface area contributed by atoms with Crippen molar-refractivity contribution in [2.24, 2.45) is 0 Å². The number of aromatic nitrogens is 2. The van der Waals surface area contributed by atoms with Crippen LogP contribution in [0.1, 0.15) is 42.3 Å². The van der Waals surface area contributed by atoms with E-state index in [1.54, 1.807) is 0 Å². The summed E-state index contributed by atoms with van der Waals surface area (Å²) in [5.74, 6) is 2.76. The molecule has 3 heterocycles. The van der Waals surface area contributed by atoms with Gasteiger partial charge in [-0.15, -0.1) is 0 Å². The lowest BCUT2D eigenvalue weighted by atomic mass is 9.97. The number of hydrogen-bond acceptors (Lipinski definition) is 5. The maximum absolute atomic E-state index is 5.57. The maximum Gasteiger partial charge on any atom is 0.258 e. The van der Waals surface area contributed by atoms with Crippen molar-refractivity contribution in [2.45, 2.75) is 37.4 Å². The molecule has 2 aromatic rings.